The summed E-state index contributed by atoms with van der Waals surface area (Å²) in [5.74, 6) is 0.716. The number of nitrogen functional groups attached to an aromatic ring is 1. The minimum atomic E-state index is -0.338. The summed E-state index contributed by atoms with van der Waals surface area (Å²) < 4.78 is 24.3. The Kier molecular flexibility index (Phi) is 4.82. The molecule has 0 bridgehead atoms. The van der Waals surface area contributed by atoms with Gasteiger partial charge in [0.1, 0.15) is 5.75 Å². The molecule has 20 heavy (non-hydrogen) atoms. The normalized spacial score (nSPS) is 10.3. The summed E-state index contributed by atoms with van der Waals surface area (Å²) in [6.07, 6.45) is 0.678. The lowest BCUT2D eigenvalue weighted by molar-refractivity contribution is 0.241. The summed E-state index contributed by atoms with van der Waals surface area (Å²) in [5, 5.41) is 0. The standard InChI is InChI=1S/C16H18FNO2/c1-12-3-8-15(17)16(11-12)20-10-2-9-19-14-6-4-13(18)5-7-14/h3-8,11H,2,9-10,18H2,1H3. The third-order valence-corrected chi connectivity index (χ3v) is 2.78. The van der Waals surface area contributed by atoms with E-state index in [2.05, 4.69) is 0 Å². The van der Waals surface area contributed by atoms with E-state index in [4.69, 9.17) is 15.2 Å². The second-order valence-corrected chi connectivity index (χ2v) is 4.55. The predicted molar refractivity (Wildman–Crippen MR) is 77.6 cm³/mol. The number of halogens is 1. The highest BCUT2D eigenvalue weighted by Crippen LogP contribution is 2.18. The number of benzene rings is 2. The average molecular weight is 275 g/mol. The fourth-order valence-corrected chi connectivity index (χ4v) is 1.72. The summed E-state index contributed by atoms with van der Waals surface area (Å²) in [7, 11) is 0. The lowest BCUT2D eigenvalue weighted by atomic mass is 10.2. The smallest absolute Gasteiger partial charge is 0.165 e. The Hall–Kier alpha value is -2.23. The van der Waals surface area contributed by atoms with Crippen molar-refractivity contribution >= 4 is 5.69 Å². The SMILES string of the molecule is Cc1ccc(F)c(OCCCOc2ccc(N)cc2)c1. The van der Waals surface area contributed by atoms with Crippen LogP contribution in [-0.2, 0) is 0 Å². The van der Waals surface area contributed by atoms with Gasteiger partial charge in [0.2, 0.25) is 0 Å². The van der Waals surface area contributed by atoms with Crippen LogP contribution in [-0.4, -0.2) is 13.2 Å². The third-order valence-electron chi connectivity index (χ3n) is 2.78. The highest BCUT2D eigenvalue weighted by atomic mass is 19.1. The number of nitrogens with two attached hydrogens (primary N) is 1. The van der Waals surface area contributed by atoms with E-state index in [0.29, 0.717) is 25.3 Å². The van der Waals surface area contributed by atoms with Gasteiger partial charge in [-0.25, -0.2) is 4.39 Å². The van der Waals surface area contributed by atoms with E-state index < -0.39 is 0 Å². The molecule has 0 saturated heterocycles. The summed E-state index contributed by atoms with van der Waals surface area (Å²) in [5.41, 5.74) is 7.26. The molecule has 2 N–H and O–H groups in total. The molecule has 3 nitrogen and oxygen atoms in total. The van der Waals surface area contributed by atoms with Gasteiger partial charge in [0.15, 0.2) is 11.6 Å². The number of ether oxygens (including phenoxy) is 2. The van der Waals surface area contributed by atoms with Gasteiger partial charge in [0.05, 0.1) is 13.2 Å². The van der Waals surface area contributed by atoms with Gasteiger partial charge in [-0.1, -0.05) is 6.07 Å². The average Bonchev–Trinajstić information content (AvgIpc) is 2.44. The van der Waals surface area contributed by atoms with Crippen LogP contribution in [0.5, 0.6) is 11.5 Å². The van der Waals surface area contributed by atoms with E-state index in [1.165, 1.54) is 6.07 Å². The zero-order chi connectivity index (χ0) is 14.4. The Morgan fingerprint density at radius 2 is 1.70 bits per heavy atom. The first-order valence-electron chi connectivity index (χ1n) is 6.52. The number of hydrogen-bond acceptors (Lipinski definition) is 3. The molecule has 2 aromatic rings. The van der Waals surface area contributed by atoms with Crippen LogP contribution in [0.15, 0.2) is 42.5 Å². The second kappa shape index (κ2) is 6.80. The second-order valence-electron chi connectivity index (χ2n) is 4.55. The molecule has 2 rings (SSSR count). The monoisotopic (exact) mass is 275 g/mol. The molecule has 0 heterocycles. The highest BCUT2D eigenvalue weighted by Gasteiger charge is 2.03. The van der Waals surface area contributed by atoms with E-state index >= 15 is 0 Å². The Labute approximate surface area is 118 Å². The Morgan fingerprint density at radius 3 is 2.45 bits per heavy atom. The van der Waals surface area contributed by atoms with Crippen molar-refractivity contribution in [1.82, 2.24) is 0 Å². The minimum Gasteiger partial charge on any atom is -0.493 e. The third kappa shape index (κ3) is 4.16. The van der Waals surface area contributed by atoms with Gasteiger partial charge >= 0.3 is 0 Å². The zero-order valence-corrected chi connectivity index (χ0v) is 11.4. The van der Waals surface area contributed by atoms with E-state index in [1.807, 2.05) is 19.1 Å². The topological polar surface area (TPSA) is 44.5 Å². The quantitative estimate of drug-likeness (QED) is 0.647. The van der Waals surface area contributed by atoms with Crippen LogP contribution in [0.2, 0.25) is 0 Å². The first-order chi connectivity index (χ1) is 9.65. The van der Waals surface area contributed by atoms with Gasteiger partial charge in [-0.3, -0.25) is 0 Å². The van der Waals surface area contributed by atoms with Crippen molar-refractivity contribution in [3.05, 3.63) is 53.8 Å². The first kappa shape index (κ1) is 14.2. The van der Waals surface area contributed by atoms with Crippen LogP contribution in [0.1, 0.15) is 12.0 Å². The Balaban J connectivity index is 1.71. The summed E-state index contributed by atoms with van der Waals surface area (Å²) in [6, 6.07) is 12.0. The van der Waals surface area contributed by atoms with Crippen LogP contribution in [0.3, 0.4) is 0 Å². The maximum Gasteiger partial charge on any atom is 0.165 e. The van der Waals surface area contributed by atoms with Crippen molar-refractivity contribution < 1.29 is 13.9 Å². The molecule has 106 valence electrons. The fourth-order valence-electron chi connectivity index (χ4n) is 1.72. The molecule has 0 radical (unpaired) electrons. The van der Waals surface area contributed by atoms with Crippen molar-refractivity contribution in [1.29, 1.82) is 0 Å². The molecule has 0 aromatic heterocycles. The van der Waals surface area contributed by atoms with Gasteiger partial charge in [-0.05, 0) is 48.9 Å². The van der Waals surface area contributed by atoms with Crippen LogP contribution in [0, 0.1) is 12.7 Å². The fraction of sp³-hybridized carbons (Fsp3) is 0.250. The van der Waals surface area contributed by atoms with Crippen LogP contribution in [0.4, 0.5) is 10.1 Å². The molecule has 0 fully saturated rings. The molecular formula is C16H18FNO2. The number of anilines is 1. The first-order valence-corrected chi connectivity index (χ1v) is 6.52. The van der Waals surface area contributed by atoms with E-state index in [-0.39, 0.29) is 11.6 Å². The number of aryl methyl sites for hydroxylation is 1. The molecule has 0 saturated carbocycles. The van der Waals surface area contributed by atoms with E-state index in [0.717, 1.165) is 11.3 Å². The summed E-state index contributed by atoms with van der Waals surface area (Å²) >= 11 is 0. The largest absolute Gasteiger partial charge is 0.493 e. The Morgan fingerprint density at radius 1 is 1.00 bits per heavy atom. The molecule has 4 heteroatoms. The molecule has 2 aromatic carbocycles. The minimum absolute atomic E-state index is 0.289. The lowest BCUT2D eigenvalue weighted by Crippen LogP contribution is -2.06. The van der Waals surface area contributed by atoms with Gasteiger partial charge in [-0.2, -0.15) is 0 Å². The highest BCUT2D eigenvalue weighted by molar-refractivity contribution is 5.41. The van der Waals surface area contributed by atoms with Gasteiger partial charge < -0.3 is 15.2 Å². The van der Waals surface area contributed by atoms with Crippen molar-refractivity contribution in [2.45, 2.75) is 13.3 Å². The summed E-state index contributed by atoms with van der Waals surface area (Å²) in [6.45, 7) is 2.82. The van der Waals surface area contributed by atoms with Crippen molar-refractivity contribution in [2.24, 2.45) is 0 Å². The molecule has 0 atom stereocenters. The maximum atomic E-state index is 13.4. The molecule has 0 spiro atoms. The molecule has 0 aliphatic rings. The molecule has 0 amide bonds. The molecular weight excluding hydrogens is 257 g/mol. The van der Waals surface area contributed by atoms with Crippen molar-refractivity contribution in [3.63, 3.8) is 0 Å². The number of rotatable bonds is 6. The molecule has 0 unspecified atom stereocenters. The molecule has 0 aliphatic heterocycles. The van der Waals surface area contributed by atoms with Crippen molar-refractivity contribution in [2.75, 3.05) is 18.9 Å². The summed E-state index contributed by atoms with van der Waals surface area (Å²) in [4.78, 5) is 0. The zero-order valence-electron chi connectivity index (χ0n) is 11.4. The predicted octanol–water partition coefficient (Wildman–Crippen LogP) is 3.56. The maximum absolute atomic E-state index is 13.4. The van der Waals surface area contributed by atoms with Gasteiger partial charge in [-0.15, -0.1) is 0 Å². The Bertz CT molecular complexity index is 555. The lowest BCUT2D eigenvalue weighted by Gasteiger charge is -2.09. The number of hydrogen-bond donors (Lipinski definition) is 1. The van der Waals surface area contributed by atoms with Crippen LogP contribution < -0.4 is 15.2 Å². The van der Waals surface area contributed by atoms with Crippen LogP contribution in [0.25, 0.3) is 0 Å². The van der Waals surface area contributed by atoms with Gasteiger partial charge in [0.25, 0.3) is 0 Å². The van der Waals surface area contributed by atoms with Crippen LogP contribution >= 0.6 is 0 Å². The van der Waals surface area contributed by atoms with E-state index in [1.54, 1.807) is 24.3 Å². The van der Waals surface area contributed by atoms with Gasteiger partial charge in [0, 0.05) is 12.1 Å². The molecule has 0 aliphatic carbocycles. The van der Waals surface area contributed by atoms with E-state index in [9.17, 15) is 4.39 Å². The van der Waals surface area contributed by atoms with Crippen molar-refractivity contribution in [3.8, 4) is 11.5 Å².